The van der Waals surface area contributed by atoms with E-state index < -0.39 is 0 Å². The van der Waals surface area contributed by atoms with Crippen LogP contribution in [0.2, 0.25) is 0 Å². The van der Waals surface area contributed by atoms with E-state index in [0.717, 1.165) is 17.0 Å². The second-order valence-electron chi connectivity index (χ2n) is 5.85. The molecular weight excluding hydrogens is 290 g/mol. The van der Waals surface area contributed by atoms with E-state index in [1.165, 1.54) is 11.3 Å². The van der Waals surface area contributed by atoms with Crippen molar-refractivity contribution in [2.45, 2.75) is 32.5 Å². The minimum Gasteiger partial charge on any atom is -0.395 e. The van der Waals surface area contributed by atoms with Crippen LogP contribution in [-0.4, -0.2) is 33.4 Å². The van der Waals surface area contributed by atoms with Crippen LogP contribution in [0.4, 0.5) is 5.82 Å². The monoisotopic (exact) mass is 309 g/mol. The zero-order chi connectivity index (χ0) is 15.2. The molecule has 0 aliphatic carbocycles. The van der Waals surface area contributed by atoms with Gasteiger partial charge >= 0.3 is 0 Å². The first-order chi connectivity index (χ1) is 9.93. The number of nitrogens with one attached hydrogen (secondary N) is 1. The molecule has 6 nitrogen and oxygen atoms in total. The zero-order valence-corrected chi connectivity index (χ0v) is 13.2. The topological polar surface area (TPSA) is 76.4 Å². The van der Waals surface area contributed by atoms with Crippen molar-refractivity contribution < 1.29 is 9.84 Å². The molecule has 0 aromatic carbocycles. The molecule has 21 heavy (non-hydrogen) atoms. The van der Waals surface area contributed by atoms with Gasteiger partial charge in [0.25, 0.3) is 0 Å². The van der Waals surface area contributed by atoms with E-state index in [4.69, 9.17) is 9.84 Å². The third kappa shape index (κ3) is 2.45. The Labute approximate surface area is 126 Å². The lowest BCUT2D eigenvalue weighted by Crippen LogP contribution is -2.34. The molecule has 3 aliphatic rings. The number of ether oxygens (including phenoxy) is 1. The summed E-state index contributed by atoms with van der Waals surface area (Å²) in [5.41, 5.74) is 0.817. The molecule has 0 unspecified atom stereocenters. The highest BCUT2D eigenvalue weighted by atomic mass is 32.1. The first kappa shape index (κ1) is 14.5. The Morgan fingerprint density at radius 3 is 3.00 bits per heavy atom. The first-order valence-corrected chi connectivity index (χ1v) is 7.74. The maximum Gasteiger partial charge on any atom is 0.247 e. The highest BCUT2D eigenvalue weighted by Crippen LogP contribution is 2.30. The molecule has 7 heteroatoms. The van der Waals surface area contributed by atoms with Crippen molar-refractivity contribution in [2.24, 2.45) is 7.05 Å². The Morgan fingerprint density at radius 2 is 2.29 bits per heavy atom. The fourth-order valence-corrected chi connectivity index (χ4v) is 3.76. The predicted molar refractivity (Wildman–Crippen MR) is 80.8 cm³/mol. The zero-order valence-electron chi connectivity index (χ0n) is 12.4. The summed E-state index contributed by atoms with van der Waals surface area (Å²) in [6.07, 6.45) is 0.773. The molecule has 2 N–H and O–H groups in total. The third-order valence-corrected chi connectivity index (χ3v) is 4.80. The molecule has 3 aliphatic heterocycles. The number of rotatable bonds is 3. The van der Waals surface area contributed by atoms with Crippen LogP contribution < -0.4 is 10.7 Å². The van der Waals surface area contributed by atoms with Gasteiger partial charge in [0.15, 0.2) is 5.82 Å². The Bertz CT molecular complexity index is 793. The molecular formula is C14H19N3O3S. The van der Waals surface area contributed by atoms with Crippen LogP contribution in [0.1, 0.15) is 24.4 Å². The van der Waals surface area contributed by atoms with Crippen LogP contribution in [0, 0.1) is 10.0 Å². The largest absolute Gasteiger partial charge is 0.395 e. The molecule has 0 aromatic heterocycles. The second-order valence-corrected chi connectivity index (χ2v) is 6.93. The van der Waals surface area contributed by atoms with Crippen LogP contribution in [0.5, 0.6) is 0 Å². The highest BCUT2D eigenvalue weighted by molar-refractivity contribution is 7.09. The third-order valence-electron chi connectivity index (χ3n) is 3.72. The van der Waals surface area contributed by atoms with Crippen molar-refractivity contribution >= 4 is 17.2 Å². The van der Waals surface area contributed by atoms with Crippen molar-refractivity contribution in [1.29, 1.82) is 0 Å². The van der Waals surface area contributed by atoms with E-state index in [-0.39, 0.29) is 17.6 Å². The SMILES string of the molecule is Cn1c2c(sc3nc(NCCO)c(=O)c1=3)COC(C)(C)C2. The minimum absolute atomic E-state index is 0.0310. The maximum absolute atomic E-state index is 12.5. The molecule has 0 atom stereocenters. The summed E-state index contributed by atoms with van der Waals surface area (Å²) >= 11 is 1.51. The van der Waals surface area contributed by atoms with Gasteiger partial charge < -0.3 is 19.7 Å². The normalized spacial score (nSPS) is 17.0. The van der Waals surface area contributed by atoms with Gasteiger partial charge in [-0.2, -0.15) is 0 Å². The van der Waals surface area contributed by atoms with Gasteiger partial charge in [0, 0.05) is 25.7 Å². The van der Waals surface area contributed by atoms with Crippen molar-refractivity contribution in [1.82, 2.24) is 9.55 Å². The fourth-order valence-electron chi connectivity index (χ4n) is 2.62. The van der Waals surface area contributed by atoms with Crippen LogP contribution in [0.15, 0.2) is 4.79 Å². The molecule has 0 saturated carbocycles. The highest BCUT2D eigenvalue weighted by Gasteiger charge is 2.29. The average molecular weight is 309 g/mol. The van der Waals surface area contributed by atoms with Crippen molar-refractivity contribution in [3.63, 3.8) is 0 Å². The molecule has 0 amide bonds. The van der Waals surface area contributed by atoms with Gasteiger partial charge in [-0.15, -0.1) is 11.3 Å². The molecule has 0 radical (unpaired) electrons. The smallest absolute Gasteiger partial charge is 0.247 e. The van der Waals surface area contributed by atoms with E-state index in [1.807, 2.05) is 11.6 Å². The quantitative estimate of drug-likeness (QED) is 0.878. The van der Waals surface area contributed by atoms with E-state index in [9.17, 15) is 4.79 Å². The lowest BCUT2D eigenvalue weighted by molar-refractivity contribution is -0.0405. The Kier molecular flexibility index (Phi) is 3.51. The number of aliphatic hydroxyl groups excluding tert-OH is 1. The van der Waals surface area contributed by atoms with Gasteiger partial charge in [-0.1, -0.05) is 0 Å². The van der Waals surface area contributed by atoms with E-state index in [1.54, 1.807) is 0 Å². The summed E-state index contributed by atoms with van der Waals surface area (Å²) in [7, 11) is 1.91. The lowest BCUT2D eigenvalue weighted by atomic mass is 9.99. The summed E-state index contributed by atoms with van der Waals surface area (Å²) in [6, 6.07) is 0. The van der Waals surface area contributed by atoms with Crippen molar-refractivity contribution in [3.8, 4) is 0 Å². The molecule has 3 rings (SSSR count). The summed E-state index contributed by atoms with van der Waals surface area (Å²) in [4.78, 5) is 17.9. The number of nitrogens with zero attached hydrogens (tertiary/aromatic N) is 2. The molecule has 0 saturated heterocycles. The molecule has 114 valence electrons. The Hall–Kier alpha value is -1.44. The van der Waals surface area contributed by atoms with E-state index >= 15 is 0 Å². The van der Waals surface area contributed by atoms with E-state index in [2.05, 4.69) is 24.1 Å². The van der Waals surface area contributed by atoms with E-state index in [0.29, 0.717) is 29.0 Å². The fraction of sp³-hybridized carbons (Fsp3) is 0.571. The van der Waals surface area contributed by atoms with Gasteiger partial charge in [0.2, 0.25) is 5.43 Å². The van der Waals surface area contributed by atoms with Gasteiger partial charge in [-0.25, -0.2) is 4.98 Å². The van der Waals surface area contributed by atoms with Crippen LogP contribution >= 0.6 is 11.3 Å². The van der Waals surface area contributed by atoms with Crippen LogP contribution in [0.3, 0.4) is 0 Å². The molecule has 0 bridgehead atoms. The molecule has 0 fully saturated rings. The number of hydrogen-bond donors (Lipinski definition) is 2. The predicted octanol–water partition coefficient (Wildman–Crippen LogP) is 0.822. The van der Waals surface area contributed by atoms with Gasteiger partial charge in [0.05, 0.1) is 23.7 Å². The van der Waals surface area contributed by atoms with Crippen molar-refractivity contribution in [3.05, 3.63) is 30.8 Å². The van der Waals surface area contributed by atoms with Crippen LogP contribution in [-0.2, 0) is 24.8 Å². The van der Waals surface area contributed by atoms with Gasteiger partial charge in [-0.05, 0) is 13.8 Å². The molecule has 0 aromatic rings. The maximum atomic E-state index is 12.5. The lowest BCUT2D eigenvalue weighted by Gasteiger charge is -2.32. The average Bonchev–Trinajstić information content (AvgIpc) is 2.74. The first-order valence-electron chi connectivity index (χ1n) is 6.93. The molecule has 0 spiro atoms. The standard InChI is InChI=1S/C14H19N3O3S/c1-14(2)6-8-9(7-20-14)21-13-10(17(8)3)11(19)12(16-13)15-4-5-18/h18H,4-7H2,1-3H3,(H,15,16,19). The Morgan fingerprint density at radius 1 is 1.52 bits per heavy atom. The number of aromatic nitrogens is 2. The number of anilines is 1. The number of hydrogen-bond acceptors (Lipinski definition) is 6. The summed E-state index contributed by atoms with van der Waals surface area (Å²) in [5, 5.41) is 12.4. The summed E-state index contributed by atoms with van der Waals surface area (Å²) in [5.74, 6) is 0.313. The Balaban J connectivity index is 2.18. The second kappa shape index (κ2) is 5.08. The van der Waals surface area contributed by atoms with Crippen molar-refractivity contribution in [2.75, 3.05) is 18.5 Å². The summed E-state index contributed by atoms with van der Waals surface area (Å²) in [6.45, 7) is 4.96. The van der Waals surface area contributed by atoms with Gasteiger partial charge in [-0.3, -0.25) is 4.79 Å². The number of fused-ring (bicyclic) bond motifs is 1. The molecule has 3 heterocycles. The van der Waals surface area contributed by atoms with Crippen LogP contribution in [0.25, 0.3) is 0 Å². The summed E-state index contributed by atoms with van der Waals surface area (Å²) < 4.78 is 8.50. The number of aliphatic hydroxyl groups is 1. The minimum atomic E-state index is -0.216. The van der Waals surface area contributed by atoms with Gasteiger partial charge in [0.1, 0.15) is 10.0 Å².